The molecule has 114 valence electrons. The molecule has 0 atom stereocenters. The number of hydrazone groups is 1. The first kappa shape index (κ1) is 16.8. The van der Waals surface area contributed by atoms with Gasteiger partial charge >= 0.3 is 0 Å². The number of thiocarbonyl (C=S) groups is 1. The van der Waals surface area contributed by atoms with Crippen molar-refractivity contribution in [1.82, 2.24) is 5.43 Å². The minimum atomic E-state index is 0.121. The smallest absolute Gasteiger partial charge is 0.203 e. The number of rotatable bonds is 6. The number of benzene rings is 1. The van der Waals surface area contributed by atoms with Gasteiger partial charge in [-0.3, -0.25) is 5.43 Å². The summed E-state index contributed by atoms with van der Waals surface area (Å²) in [7, 11) is 4.71. The van der Waals surface area contributed by atoms with Crippen LogP contribution in [-0.2, 0) is 0 Å². The maximum absolute atomic E-state index is 5.30. The molecule has 21 heavy (non-hydrogen) atoms. The number of nitrogens with two attached hydrogens (primary N) is 1. The molecule has 0 bridgehead atoms. The normalized spacial score (nSPS) is 11.3. The highest BCUT2D eigenvalue weighted by Crippen LogP contribution is 2.38. The van der Waals surface area contributed by atoms with E-state index in [0.29, 0.717) is 17.2 Å². The third-order valence-electron chi connectivity index (χ3n) is 2.55. The Hall–Kier alpha value is -2.28. The van der Waals surface area contributed by atoms with Crippen molar-refractivity contribution in [2.75, 3.05) is 21.3 Å². The van der Waals surface area contributed by atoms with Crippen LogP contribution in [0.2, 0.25) is 0 Å². The van der Waals surface area contributed by atoms with Gasteiger partial charge in [0, 0.05) is 0 Å². The fourth-order valence-electron chi connectivity index (χ4n) is 1.59. The van der Waals surface area contributed by atoms with E-state index >= 15 is 0 Å². The fraction of sp³-hybridized carbons (Fsp3) is 0.286. The van der Waals surface area contributed by atoms with Crippen LogP contribution in [0, 0.1) is 0 Å². The van der Waals surface area contributed by atoms with Crippen molar-refractivity contribution in [3.05, 3.63) is 23.8 Å². The van der Waals surface area contributed by atoms with Crippen LogP contribution in [0.25, 0.3) is 6.08 Å². The largest absolute Gasteiger partial charge is 0.493 e. The van der Waals surface area contributed by atoms with Crippen LogP contribution in [0.5, 0.6) is 17.2 Å². The molecule has 0 aliphatic rings. The van der Waals surface area contributed by atoms with E-state index in [1.54, 1.807) is 21.3 Å². The molecule has 3 N–H and O–H groups in total. The Morgan fingerprint density at radius 2 is 1.76 bits per heavy atom. The zero-order chi connectivity index (χ0) is 15.8. The Bertz CT molecular complexity index is 546. The molecule has 0 fully saturated rings. The van der Waals surface area contributed by atoms with Crippen molar-refractivity contribution in [3.63, 3.8) is 0 Å². The lowest BCUT2D eigenvalue weighted by Crippen LogP contribution is -2.24. The maximum Gasteiger partial charge on any atom is 0.203 e. The third kappa shape index (κ3) is 4.96. The predicted molar refractivity (Wildman–Crippen MR) is 88.2 cm³/mol. The van der Waals surface area contributed by atoms with E-state index in [-0.39, 0.29) is 5.11 Å². The van der Waals surface area contributed by atoms with Crippen LogP contribution in [-0.4, -0.2) is 32.2 Å². The first-order valence-corrected chi connectivity index (χ1v) is 6.50. The number of nitrogens with one attached hydrogen (secondary N) is 1. The first-order chi connectivity index (χ1) is 10.0. The average molecular weight is 309 g/mol. The number of methoxy groups -OCH3 is 3. The molecule has 6 nitrogen and oxygen atoms in total. The lowest BCUT2D eigenvalue weighted by Gasteiger charge is -2.12. The van der Waals surface area contributed by atoms with Crippen molar-refractivity contribution >= 4 is 29.1 Å². The molecule has 0 radical (unpaired) electrons. The molecule has 0 heterocycles. The van der Waals surface area contributed by atoms with Crippen molar-refractivity contribution in [3.8, 4) is 17.2 Å². The summed E-state index contributed by atoms with van der Waals surface area (Å²) in [4.78, 5) is 0. The minimum Gasteiger partial charge on any atom is -0.493 e. The van der Waals surface area contributed by atoms with Gasteiger partial charge in [0.05, 0.1) is 27.0 Å². The third-order valence-corrected chi connectivity index (χ3v) is 2.64. The molecule has 0 saturated heterocycles. The number of allylic oxidation sites excluding steroid dienone is 1. The van der Waals surface area contributed by atoms with Gasteiger partial charge in [0.1, 0.15) is 0 Å². The molecular weight excluding hydrogens is 290 g/mol. The predicted octanol–water partition coefficient (Wildman–Crippen LogP) is 1.93. The van der Waals surface area contributed by atoms with Crippen molar-refractivity contribution < 1.29 is 14.2 Å². The summed E-state index contributed by atoms with van der Waals surface area (Å²) >= 11 is 4.67. The zero-order valence-corrected chi connectivity index (χ0v) is 13.3. The van der Waals surface area contributed by atoms with E-state index in [9.17, 15) is 0 Å². The Morgan fingerprint density at radius 3 is 2.19 bits per heavy atom. The SMILES string of the molecule is COc1cc(/C=C/C(C)=N\NC(N)=S)cc(OC)c1OC. The lowest BCUT2D eigenvalue weighted by atomic mass is 10.1. The molecular formula is C14H19N3O3S. The van der Waals surface area contributed by atoms with Gasteiger partial charge in [-0.2, -0.15) is 5.10 Å². The molecule has 1 aromatic rings. The number of hydrogen-bond acceptors (Lipinski definition) is 5. The number of nitrogens with zero attached hydrogens (tertiary/aromatic N) is 1. The molecule has 0 spiro atoms. The van der Waals surface area contributed by atoms with Gasteiger partial charge in [0.25, 0.3) is 0 Å². The zero-order valence-electron chi connectivity index (χ0n) is 12.5. The van der Waals surface area contributed by atoms with Crippen LogP contribution in [0.3, 0.4) is 0 Å². The van der Waals surface area contributed by atoms with Gasteiger partial charge in [0.2, 0.25) is 5.75 Å². The topological polar surface area (TPSA) is 78.1 Å². The van der Waals surface area contributed by atoms with E-state index in [1.807, 2.05) is 31.2 Å². The van der Waals surface area contributed by atoms with E-state index in [2.05, 4.69) is 22.7 Å². The quantitative estimate of drug-likeness (QED) is 0.475. The molecule has 0 aliphatic carbocycles. The monoisotopic (exact) mass is 309 g/mol. The second-order valence-corrected chi connectivity index (χ2v) is 4.46. The summed E-state index contributed by atoms with van der Waals surface area (Å²) in [5.74, 6) is 1.73. The molecule has 0 aliphatic heterocycles. The van der Waals surface area contributed by atoms with Crippen LogP contribution >= 0.6 is 12.2 Å². The molecule has 7 heteroatoms. The van der Waals surface area contributed by atoms with E-state index in [4.69, 9.17) is 19.9 Å². The maximum atomic E-state index is 5.30. The molecule has 0 aromatic heterocycles. The van der Waals surface area contributed by atoms with Gasteiger partial charge in [-0.1, -0.05) is 6.08 Å². The standard InChI is InChI=1S/C14H19N3O3S/c1-9(16-17-14(15)21)5-6-10-7-11(18-2)13(20-4)12(8-10)19-3/h5-8H,1-4H3,(H3,15,17,21)/b6-5+,16-9-. The van der Waals surface area contributed by atoms with E-state index < -0.39 is 0 Å². The summed E-state index contributed by atoms with van der Waals surface area (Å²) in [5, 5.41) is 4.10. The highest BCUT2D eigenvalue weighted by molar-refractivity contribution is 7.80. The lowest BCUT2D eigenvalue weighted by molar-refractivity contribution is 0.324. The second kappa shape index (κ2) is 8.11. The first-order valence-electron chi connectivity index (χ1n) is 6.09. The van der Waals surface area contributed by atoms with Crippen LogP contribution in [0.4, 0.5) is 0 Å². The van der Waals surface area contributed by atoms with Gasteiger partial charge < -0.3 is 19.9 Å². The Balaban J connectivity index is 3.03. The van der Waals surface area contributed by atoms with Crippen LogP contribution < -0.4 is 25.4 Å². The summed E-state index contributed by atoms with van der Waals surface area (Å²) in [6.07, 6.45) is 3.68. The molecule has 1 rings (SSSR count). The highest BCUT2D eigenvalue weighted by Gasteiger charge is 2.11. The van der Waals surface area contributed by atoms with E-state index in [0.717, 1.165) is 11.3 Å². The highest BCUT2D eigenvalue weighted by atomic mass is 32.1. The number of hydrogen-bond donors (Lipinski definition) is 2. The summed E-state index contributed by atoms with van der Waals surface area (Å²) in [6.45, 7) is 1.82. The van der Waals surface area contributed by atoms with Gasteiger partial charge in [0.15, 0.2) is 16.6 Å². The van der Waals surface area contributed by atoms with E-state index in [1.165, 1.54) is 0 Å². The van der Waals surface area contributed by atoms with Crippen molar-refractivity contribution in [2.45, 2.75) is 6.92 Å². The summed E-state index contributed by atoms with van der Waals surface area (Å²) < 4.78 is 15.8. The van der Waals surface area contributed by atoms with Crippen molar-refractivity contribution in [1.29, 1.82) is 0 Å². The molecule has 0 saturated carbocycles. The van der Waals surface area contributed by atoms with Crippen LogP contribution in [0.1, 0.15) is 12.5 Å². The molecule has 0 amide bonds. The molecule has 0 unspecified atom stereocenters. The number of ether oxygens (including phenoxy) is 3. The Labute approximate surface area is 129 Å². The molecule has 1 aromatic carbocycles. The Kier molecular flexibility index (Phi) is 6.48. The van der Waals surface area contributed by atoms with Crippen molar-refractivity contribution in [2.24, 2.45) is 10.8 Å². The summed E-state index contributed by atoms with van der Waals surface area (Å²) in [6, 6.07) is 3.68. The van der Waals surface area contributed by atoms with Gasteiger partial charge in [-0.05, 0) is 42.9 Å². The van der Waals surface area contributed by atoms with Crippen LogP contribution in [0.15, 0.2) is 23.3 Å². The second-order valence-electron chi connectivity index (χ2n) is 4.02. The summed E-state index contributed by atoms with van der Waals surface area (Å²) in [5.41, 5.74) is 9.42. The minimum absolute atomic E-state index is 0.121. The average Bonchev–Trinajstić information content (AvgIpc) is 2.49. The Morgan fingerprint density at radius 1 is 1.19 bits per heavy atom. The fourth-order valence-corrected chi connectivity index (χ4v) is 1.64. The van der Waals surface area contributed by atoms with Gasteiger partial charge in [-0.15, -0.1) is 0 Å². The van der Waals surface area contributed by atoms with Gasteiger partial charge in [-0.25, -0.2) is 0 Å².